The molecular formula is C37H43Cl2F6I2N3O9S2+2. The number of benzene rings is 2. The Labute approximate surface area is 377 Å². The van der Waals surface area contributed by atoms with Crippen molar-refractivity contribution in [1.82, 2.24) is 4.98 Å². The largest absolute Gasteiger partial charge is 0.525 e. The van der Waals surface area contributed by atoms with Crippen LogP contribution in [-0.2, 0) is 36.8 Å². The Morgan fingerprint density at radius 3 is 1.36 bits per heavy atom. The van der Waals surface area contributed by atoms with Crippen LogP contribution < -0.4 is 10.3 Å². The number of pyridine rings is 3. The molecule has 0 N–H and O–H groups in total. The molecule has 0 saturated carbocycles. The minimum absolute atomic E-state index is 0. The monoisotopic (exact) mass is 1170 g/mol. The first kappa shape index (κ1) is 57.6. The van der Waals surface area contributed by atoms with Crippen molar-refractivity contribution in [2.24, 2.45) is 0 Å². The molecule has 3 aromatic heterocycles. The molecule has 0 spiro atoms. The van der Waals surface area contributed by atoms with Crippen LogP contribution in [0, 0.1) is 21.0 Å². The van der Waals surface area contributed by atoms with Gasteiger partial charge in [0.25, 0.3) is 0 Å². The van der Waals surface area contributed by atoms with Gasteiger partial charge in [-0.3, -0.25) is 4.98 Å². The predicted octanol–water partition coefficient (Wildman–Crippen LogP) is 9.73. The Balaban J connectivity index is 0.000000815. The molecule has 12 nitrogen and oxygen atoms in total. The number of alkyl halides is 9. The molecule has 0 atom stereocenters. The van der Waals surface area contributed by atoms with Gasteiger partial charge in [0.1, 0.15) is 0 Å². The van der Waals surface area contributed by atoms with Crippen LogP contribution in [0.15, 0.2) is 134 Å². The number of halogens is 10. The molecular weight excluding hydrogens is 1130 g/mol. The number of aryl methyl sites for hydroxylation is 2. The quantitative estimate of drug-likeness (QED) is 0.0350. The second-order valence-corrected chi connectivity index (χ2v) is 23.5. The zero-order valence-corrected chi connectivity index (χ0v) is 39.5. The van der Waals surface area contributed by atoms with Gasteiger partial charge in [0.05, 0.1) is 5.34 Å². The van der Waals surface area contributed by atoms with Crippen LogP contribution in [0.2, 0.25) is 0 Å². The summed E-state index contributed by atoms with van der Waals surface area (Å²) in [5, 5.41) is 0.194. The second kappa shape index (κ2) is 28.3. The van der Waals surface area contributed by atoms with Crippen molar-refractivity contribution < 1.29 is 70.0 Å². The maximum absolute atomic E-state index is 11.4. The van der Waals surface area contributed by atoms with Gasteiger partial charge in [0.2, 0.25) is 0 Å². The van der Waals surface area contributed by atoms with E-state index in [0.29, 0.717) is 0 Å². The fourth-order valence-electron chi connectivity index (χ4n) is 3.46. The molecule has 5 rings (SSSR count). The van der Waals surface area contributed by atoms with Crippen LogP contribution in [-0.4, -0.2) is 56.2 Å². The van der Waals surface area contributed by atoms with Gasteiger partial charge in [0, 0.05) is 12.4 Å². The van der Waals surface area contributed by atoms with Crippen molar-refractivity contribution >= 4 is 90.0 Å². The summed E-state index contributed by atoms with van der Waals surface area (Å²) < 4.78 is 130. The van der Waals surface area contributed by atoms with Crippen molar-refractivity contribution in [3.05, 3.63) is 153 Å². The van der Waals surface area contributed by atoms with E-state index in [1.807, 2.05) is 66.5 Å². The standard InChI is InChI=1S/C18H19IN2O.C9H11IO2.C6H7N.C2F6O6S2.CH2Cl2.CH4/c1-16-8-12-20(13-9-16)19(17-6-4-3-5-7-17)21-14-10-18(22-2)11-15-21;1-8(11)12-10(2)9-6-4-3-5-7-9;1-6-2-4-7-5-3-6;3-1(4,5)15(9,10)13-14-16(11,12)2(6,7)8;2-1-3;/h3-15H,1-2H3;3-7H,1-2H3;2-5H,1H3;;1H2;1H4/q+2;;;;;. The van der Waals surface area contributed by atoms with E-state index < -0.39 is 71.9 Å². The van der Waals surface area contributed by atoms with Crippen molar-refractivity contribution in [3.8, 4) is 5.75 Å². The number of rotatable bonds is 9. The number of carbonyl (C=O) groups excluding carboxylic acids is 1. The molecule has 2 aromatic carbocycles. The first-order valence-electron chi connectivity index (χ1n) is 16.1. The molecule has 0 radical (unpaired) electrons. The molecule has 61 heavy (non-hydrogen) atoms. The number of ether oxygens (including phenoxy) is 1. The summed E-state index contributed by atoms with van der Waals surface area (Å²) in [7, 11) is -11.5. The molecule has 0 aliphatic heterocycles. The Hall–Kier alpha value is -3.40. The number of methoxy groups -OCH3 is 1. The van der Waals surface area contributed by atoms with E-state index in [4.69, 9.17) is 31.0 Å². The van der Waals surface area contributed by atoms with Crippen LogP contribution in [0.25, 0.3) is 0 Å². The number of nitrogens with zero attached hydrogens (tertiary/aromatic N) is 3. The van der Waals surface area contributed by atoms with E-state index in [1.54, 1.807) is 19.5 Å². The third-order valence-electron chi connectivity index (χ3n) is 6.14. The number of hydrogen-bond donors (Lipinski definition) is 0. The van der Waals surface area contributed by atoms with E-state index in [2.05, 4.69) is 93.4 Å². The van der Waals surface area contributed by atoms with Gasteiger partial charge in [-0.15, -0.1) is 23.2 Å². The average molecular weight is 1180 g/mol. The summed E-state index contributed by atoms with van der Waals surface area (Å²) in [4.78, 5) is 16.5. The summed E-state index contributed by atoms with van der Waals surface area (Å²) >= 11 is 6.10. The van der Waals surface area contributed by atoms with Crippen LogP contribution in [0.3, 0.4) is 0 Å². The van der Waals surface area contributed by atoms with E-state index in [9.17, 15) is 48.0 Å². The molecule has 0 amide bonds. The van der Waals surface area contributed by atoms with E-state index >= 15 is 0 Å². The minimum atomic E-state index is -6.59. The molecule has 0 saturated heterocycles. The summed E-state index contributed by atoms with van der Waals surface area (Å²) in [5.74, 6) is 0.709. The topological polar surface area (TPSA) is 143 Å². The van der Waals surface area contributed by atoms with Crippen molar-refractivity contribution in [2.75, 3.05) is 17.4 Å². The van der Waals surface area contributed by atoms with Gasteiger partial charge < -0.3 is 0 Å². The van der Waals surface area contributed by atoms with Gasteiger partial charge in [-0.05, 0) is 24.6 Å². The van der Waals surface area contributed by atoms with Crippen molar-refractivity contribution in [2.45, 2.75) is 39.2 Å². The molecule has 3 heterocycles. The summed E-state index contributed by atoms with van der Waals surface area (Å²) in [5.41, 5.74) is -9.70. The fourth-order valence-corrected chi connectivity index (χ4v) is 11.6. The van der Waals surface area contributed by atoms with Crippen LogP contribution in [0.1, 0.15) is 25.5 Å². The molecule has 0 bridgehead atoms. The Morgan fingerprint density at radius 2 is 1.03 bits per heavy atom. The normalized spacial score (nSPS) is 11.4. The molecule has 0 aliphatic carbocycles. The van der Waals surface area contributed by atoms with E-state index in [-0.39, 0.29) is 18.7 Å². The third kappa shape index (κ3) is 22.0. The molecule has 24 heteroatoms. The van der Waals surface area contributed by atoms with E-state index in [1.165, 1.54) is 25.2 Å². The molecule has 5 aromatic rings. The number of aromatic nitrogens is 3. The zero-order valence-electron chi connectivity index (χ0n) is 32.0. The van der Waals surface area contributed by atoms with Gasteiger partial charge in [-0.2, -0.15) is 43.2 Å². The first-order chi connectivity index (χ1) is 28.0. The van der Waals surface area contributed by atoms with E-state index in [0.717, 1.165) is 5.75 Å². The Bertz CT molecular complexity index is 2160. The molecule has 0 aliphatic rings. The van der Waals surface area contributed by atoms with Gasteiger partial charge in [-0.1, -0.05) is 16.1 Å². The Morgan fingerprint density at radius 1 is 0.672 bits per heavy atom. The summed E-state index contributed by atoms with van der Waals surface area (Å²) in [6.45, 7) is 5.62. The molecule has 0 unspecified atom stereocenters. The zero-order chi connectivity index (χ0) is 45.6. The molecule has 340 valence electrons. The van der Waals surface area contributed by atoms with Gasteiger partial charge in [0.15, 0.2) is 0 Å². The van der Waals surface area contributed by atoms with Crippen LogP contribution >= 0.6 is 63.8 Å². The Kier molecular flexibility index (Phi) is 26.7. The van der Waals surface area contributed by atoms with Crippen LogP contribution in [0.5, 0.6) is 5.75 Å². The number of carbonyl (C=O) groups is 1. The van der Waals surface area contributed by atoms with Crippen LogP contribution in [0.4, 0.5) is 26.3 Å². The summed E-state index contributed by atoms with van der Waals surface area (Å²) in [6.07, 6.45) is 12.2. The van der Waals surface area contributed by atoms with Gasteiger partial charge >= 0.3 is 250 Å². The minimum Gasteiger partial charge on any atom is -0.265 e. The fraction of sp³-hybridized carbons (Fsp3) is 0.243. The van der Waals surface area contributed by atoms with Crippen molar-refractivity contribution in [1.29, 1.82) is 0 Å². The molecule has 0 fully saturated rings. The maximum Gasteiger partial charge on any atom is 0.525 e. The average Bonchev–Trinajstić information content (AvgIpc) is 3.19. The summed E-state index contributed by atoms with van der Waals surface area (Å²) in [6, 6.07) is 32.9. The predicted molar refractivity (Wildman–Crippen MR) is 236 cm³/mol. The second-order valence-electron chi connectivity index (χ2n) is 10.7. The number of hydrogen-bond acceptors (Lipinski definition) is 10. The van der Waals surface area contributed by atoms with Crippen molar-refractivity contribution in [3.63, 3.8) is 0 Å². The third-order valence-corrected chi connectivity index (χ3v) is 16.8. The smallest absolute Gasteiger partial charge is 0.265 e. The first-order valence-corrected chi connectivity index (χ1v) is 27.1. The van der Waals surface area contributed by atoms with Gasteiger partial charge in [-0.25, -0.2) is 0 Å². The SMILES string of the molecule is C.CC(=O)OI(C)c1ccccc1.COc1cc[n+](I(c2ccccc2)[n+]2ccc(C)cc2)cc1.Cc1ccncc1.ClCCl.O=S(=O)(OOS(=O)(=O)C(F)(F)F)C(F)(F)F. The maximum atomic E-state index is 11.4.